The molecule has 0 spiro atoms. The number of methoxy groups -OCH3 is 1. The summed E-state index contributed by atoms with van der Waals surface area (Å²) < 4.78 is 11.5. The predicted molar refractivity (Wildman–Crippen MR) is 143 cm³/mol. The van der Waals surface area contributed by atoms with Crippen LogP contribution in [0, 0.1) is 0 Å². The zero-order chi connectivity index (χ0) is 26.9. The van der Waals surface area contributed by atoms with E-state index in [4.69, 9.17) is 14.5 Å². The molecule has 0 bridgehead atoms. The van der Waals surface area contributed by atoms with Crippen LogP contribution < -0.4 is 4.74 Å². The van der Waals surface area contributed by atoms with E-state index < -0.39 is 17.6 Å². The normalized spacial score (nSPS) is 19.8. The van der Waals surface area contributed by atoms with Gasteiger partial charge in [-0.25, -0.2) is 9.79 Å². The summed E-state index contributed by atoms with van der Waals surface area (Å²) in [4.78, 5) is 48.7. The molecule has 0 N–H and O–H groups in total. The minimum atomic E-state index is -0.684. The average Bonchev–Trinajstić information content (AvgIpc) is 3.23. The van der Waals surface area contributed by atoms with Crippen molar-refractivity contribution in [3.63, 3.8) is 0 Å². The first-order valence-corrected chi connectivity index (χ1v) is 13.2. The topological polar surface area (TPSA) is 91.7 Å². The summed E-state index contributed by atoms with van der Waals surface area (Å²) in [5.41, 5.74) is 1.85. The molecule has 0 radical (unpaired) electrons. The Bertz CT molecular complexity index is 1190. The lowest BCUT2D eigenvalue weighted by Crippen LogP contribution is -2.50. The molecule has 1 unspecified atom stereocenters. The maximum atomic E-state index is 13.5. The van der Waals surface area contributed by atoms with Gasteiger partial charge in [0, 0.05) is 44.4 Å². The number of hydrogen-bond donors (Lipinski definition) is 0. The van der Waals surface area contributed by atoms with E-state index in [9.17, 15) is 14.4 Å². The van der Waals surface area contributed by atoms with Crippen molar-refractivity contribution in [3.05, 3.63) is 52.2 Å². The maximum Gasteiger partial charge on any atom is 0.338 e. The van der Waals surface area contributed by atoms with Gasteiger partial charge in [0.2, 0.25) is 11.8 Å². The molecule has 1 aromatic rings. The van der Waals surface area contributed by atoms with Crippen molar-refractivity contribution in [2.45, 2.75) is 52.7 Å². The molecule has 10 heteroatoms. The van der Waals surface area contributed by atoms with E-state index in [0.717, 1.165) is 11.3 Å². The molecule has 1 saturated heterocycles. The van der Waals surface area contributed by atoms with Crippen LogP contribution in [0.3, 0.4) is 0 Å². The van der Waals surface area contributed by atoms with Crippen LogP contribution in [0.4, 0.5) is 0 Å². The zero-order valence-corrected chi connectivity index (χ0v) is 23.1. The molecule has 37 heavy (non-hydrogen) atoms. The fourth-order valence-electron chi connectivity index (χ4n) is 4.69. The number of hydrogen-bond acceptors (Lipinski definition) is 8. The number of ether oxygens (including phenoxy) is 2. The Morgan fingerprint density at radius 2 is 1.73 bits per heavy atom. The van der Waals surface area contributed by atoms with Gasteiger partial charge in [-0.05, 0) is 39.2 Å². The number of amides is 2. The number of amidine groups is 1. The summed E-state index contributed by atoms with van der Waals surface area (Å²) in [6.45, 7) is 10.9. The molecule has 3 heterocycles. The molecule has 0 saturated carbocycles. The van der Waals surface area contributed by atoms with Gasteiger partial charge in [0.15, 0.2) is 5.17 Å². The van der Waals surface area contributed by atoms with Crippen LogP contribution in [0.25, 0.3) is 0 Å². The number of allylic oxidation sites excluding steroid dienone is 1. The number of benzene rings is 1. The van der Waals surface area contributed by atoms with Gasteiger partial charge < -0.3 is 24.2 Å². The Kier molecular flexibility index (Phi) is 7.68. The minimum absolute atomic E-state index is 0.0210. The van der Waals surface area contributed by atoms with Crippen molar-refractivity contribution in [1.82, 2.24) is 14.7 Å². The van der Waals surface area contributed by atoms with Crippen molar-refractivity contribution < 1.29 is 23.9 Å². The van der Waals surface area contributed by atoms with Crippen LogP contribution in [0.5, 0.6) is 5.75 Å². The van der Waals surface area contributed by atoms with Crippen molar-refractivity contribution in [2.75, 3.05) is 33.3 Å². The lowest BCUT2D eigenvalue weighted by molar-refractivity contribution is -0.150. The largest absolute Gasteiger partial charge is 0.496 e. The first kappa shape index (κ1) is 26.8. The molecule has 4 rings (SSSR count). The second kappa shape index (κ2) is 10.6. The summed E-state index contributed by atoms with van der Waals surface area (Å²) in [6, 6.07) is 6.99. The highest BCUT2D eigenvalue weighted by molar-refractivity contribution is 8.16. The van der Waals surface area contributed by atoms with E-state index in [0.29, 0.717) is 48.4 Å². The number of aliphatic imine (C=N–C) groups is 1. The molecular formula is C27H34N4O5S. The Morgan fingerprint density at radius 1 is 1.08 bits per heavy atom. The molecule has 2 amide bonds. The lowest BCUT2D eigenvalue weighted by atomic mass is 9.93. The zero-order valence-electron chi connectivity index (χ0n) is 22.2. The van der Waals surface area contributed by atoms with Crippen molar-refractivity contribution in [3.8, 4) is 5.75 Å². The molecule has 3 aliphatic rings. The first-order chi connectivity index (χ1) is 17.5. The van der Waals surface area contributed by atoms with Gasteiger partial charge in [0.05, 0.1) is 30.8 Å². The van der Waals surface area contributed by atoms with Crippen LogP contribution in [0.1, 0.15) is 52.6 Å². The molecule has 0 aliphatic carbocycles. The van der Waals surface area contributed by atoms with Gasteiger partial charge in [-0.1, -0.05) is 30.0 Å². The molecule has 1 atom stereocenters. The fourth-order valence-corrected chi connectivity index (χ4v) is 5.65. The quantitative estimate of drug-likeness (QED) is 0.541. The Hall–Kier alpha value is -3.27. The number of thioether (sulfide) groups is 1. The number of fused-ring (bicyclic) bond motifs is 1. The minimum Gasteiger partial charge on any atom is -0.496 e. The van der Waals surface area contributed by atoms with Gasteiger partial charge in [-0.15, -0.1) is 0 Å². The average molecular weight is 527 g/mol. The van der Waals surface area contributed by atoms with Crippen LogP contribution in [-0.4, -0.2) is 76.5 Å². The van der Waals surface area contributed by atoms with E-state index in [1.165, 1.54) is 11.8 Å². The molecule has 0 aromatic heterocycles. The number of rotatable bonds is 5. The van der Waals surface area contributed by atoms with Gasteiger partial charge >= 0.3 is 5.97 Å². The standard InChI is InChI=1S/C27H34N4O5S/c1-17-23(25(34)36-27(3,4)5)24(20-9-7-8-10-21(20)35-6)31-19(16-37-26(31)28-17)15-22(33)30-13-11-29(12-14-30)18(2)32/h7-10,16,24H,11-15H2,1-6H3. The Labute approximate surface area is 222 Å². The van der Waals surface area contributed by atoms with Crippen LogP contribution in [-0.2, 0) is 19.1 Å². The SMILES string of the molecule is COc1ccccc1C1C(C(=O)OC(C)(C)C)=C(C)N=C2SC=C(CC(=O)N3CCN(C(C)=O)CC3)N21. The lowest BCUT2D eigenvalue weighted by Gasteiger charge is -2.38. The van der Waals surface area contributed by atoms with Crippen LogP contribution in [0.15, 0.2) is 51.6 Å². The highest BCUT2D eigenvalue weighted by atomic mass is 32.2. The van der Waals surface area contributed by atoms with Gasteiger partial charge in [-0.3, -0.25) is 9.59 Å². The smallest absolute Gasteiger partial charge is 0.338 e. The first-order valence-electron chi connectivity index (χ1n) is 12.3. The molecule has 3 aliphatic heterocycles. The third-order valence-electron chi connectivity index (χ3n) is 6.46. The number of nitrogens with zero attached hydrogens (tertiary/aromatic N) is 4. The second-order valence-electron chi connectivity index (χ2n) is 10.2. The fraction of sp³-hybridized carbons (Fsp3) is 0.481. The van der Waals surface area contributed by atoms with Gasteiger partial charge in [0.1, 0.15) is 11.4 Å². The highest BCUT2D eigenvalue weighted by Crippen LogP contribution is 2.47. The number of para-hydroxylation sites is 1. The highest BCUT2D eigenvalue weighted by Gasteiger charge is 2.43. The summed E-state index contributed by atoms with van der Waals surface area (Å²) in [5.74, 6) is 0.171. The molecular weight excluding hydrogens is 492 g/mol. The predicted octanol–water partition coefficient (Wildman–Crippen LogP) is 3.69. The maximum absolute atomic E-state index is 13.5. The van der Waals surface area contributed by atoms with E-state index in [1.807, 2.05) is 62.3 Å². The van der Waals surface area contributed by atoms with Gasteiger partial charge in [-0.2, -0.15) is 0 Å². The number of carbonyl (C=O) groups excluding carboxylic acids is 3. The van der Waals surface area contributed by atoms with Crippen LogP contribution in [0.2, 0.25) is 0 Å². The summed E-state index contributed by atoms with van der Waals surface area (Å²) in [7, 11) is 1.60. The summed E-state index contributed by atoms with van der Waals surface area (Å²) >= 11 is 1.43. The van der Waals surface area contributed by atoms with E-state index >= 15 is 0 Å². The van der Waals surface area contributed by atoms with Gasteiger partial charge in [0.25, 0.3) is 0 Å². The Balaban J connectivity index is 1.66. The number of piperazine rings is 1. The number of carbonyl (C=O) groups is 3. The Morgan fingerprint density at radius 3 is 2.35 bits per heavy atom. The third kappa shape index (κ3) is 5.69. The van der Waals surface area contributed by atoms with Crippen molar-refractivity contribution in [1.29, 1.82) is 0 Å². The van der Waals surface area contributed by atoms with E-state index in [2.05, 4.69) is 0 Å². The molecule has 1 fully saturated rings. The second-order valence-corrected chi connectivity index (χ2v) is 11.0. The monoisotopic (exact) mass is 526 g/mol. The summed E-state index contributed by atoms with van der Waals surface area (Å²) in [6.07, 6.45) is 0.151. The number of esters is 1. The molecule has 198 valence electrons. The van der Waals surface area contributed by atoms with Crippen molar-refractivity contribution in [2.24, 2.45) is 4.99 Å². The van der Waals surface area contributed by atoms with Crippen LogP contribution >= 0.6 is 11.8 Å². The third-order valence-corrected chi connectivity index (χ3v) is 7.35. The molecule has 1 aromatic carbocycles. The van der Waals surface area contributed by atoms with E-state index in [1.54, 1.807) is 23.8 Å². The van der Waals surface area contributed by atoms with E-state index in [-0.39, 0.29) is 18.2 Å². The molecule has 9 nitrogen and oxygen atoms in total. The summed E-state index contributed by atoms with van der Waals surface area (Å²) in [5, 5.41) is 2.63. The van der Waals surface area contributed by atoms with Crippen molar-refractivity contribution >= 4 is 34.7 Å².